The van der Waals surface area contributed by atoms with Crippen LogP contribution in [0.25, 0.3) is 22.2 Å². The van der Waals surface area contributed by atoms with E-state index in [2.05, 4.69) is 21.1 Å². The fourth-order valence-corrected chi connectivity index (χ4v) is 3.18. The molecule has 130 valence electrons. The molecule has 5 nitrogen and oxygen atoms in total. The minimum absolute atomic E-state index is 0.0976. The maximum absolute atomic E-state index is 12.8. The van der Waals surface area contributed by atoms with Crippen LogP contribution in [0.4, 0.5) is 0 Å². The molecular weight excluding hydrogens is 396 g/mol. The van der Waals surface area contributed by atoms with Crippen LogP contribution in [0.15, 0.2) is 74.3 Å². The van der Waals surface area contributed by atoms with Crippen molar-refractivity contribution in [3.63, 3.8) is 0 Å². The first-order chi connectivity index (χ1) is 12.6. The summed E-state index contributed by atoms with van der Waals surface area (Å²) in [4.78, 5) is 14.4. The fourth-order valence-electron chi connectivity index (χ4n) is 2.83. The largest absolute Gasteiger partial charge is 0.452 e. The second-order valence-corrected chi connectivity index (χ2v) is 6.76. The Balaban J connectivity index is 1.65. The van der Waals surface area contributed by atoms with Crippen LogP contribution in [0.2, 0.25) is 0 Å². The monoisotopic (exact) mass is 410 g/mol. The molecule has 1 amide bonds. The first-order valence-corrected chi connectivity index (χ1v) is 8.85. The third kappa shape index (κ3) is 3.15. The van der Waals surface area contributed by atoms with Crippen LogP contribution in [-0.2, 0) is 6.54 Å². The van der Waals surface area contributed by atoms with Crippen molar-refractivity contribution in [1.29, 1.82) is 0 Å². The molecule has 2 heterocycles. The maximum atomic E-state index is 12.8. The first kappa shape index (κ1) is 16.6. The first-order valence-electron chi connectivity index (χ1n) is 8.06. The third-order valence-electron chi connectivity index (χ3n) is 4.13. The quantitative estimate of drug-likeness (QED) is 0.468. The number of amides is 1. The fraction of sp³-hybridized carbons (Fsp3) is 0.100. The third-order valence-corrected chi connectivity index (χ3v) is 4.55. The topological polar surface area (TPSA) is 59.5 Å². The Hall–Kier alpha value is -2.86. The van der Waals surface area contributed by atoms with Gasteiger partial charge in [0.15, 0.2) is 10.4 Å². The maximum Gasteiger partial charge on any atom is 0.254 e. The van der Waals surface area contributed by atoms with Crippen LogP contribution in [-0.4, -0.2) is 23.0 Å². The van der Waals surface area contributed by atoms with Crippen LogP contribution in [0.3, 0.4) is 0 Å². The van der Waals surface area contributed by atoms with Gasteiger partial charge in [0.2, 0.25) is 0 Å². The average molecular weight is 411 g/mol. The highest BCUT2D eigenvalue weighted by Crippen LogP contribution is 2.29. The normalized spacial score (nSPS) is 11.0. The number of furan rings is 1. The van der Waals surface area contributed by atoms with E-state index in [0.29, 0.717) is 28.3 Å². The zero-order chi connectivity index (χ0) is 18.1. The van der Waals surface area contributed by atoms with Crippen molar-refractivity contribution in [3.8, 4) is 11.3 Å². The summed E-state index contributed by atoms with van der Waals surface area (Å²) in [5, 5.41) is 4.91. The Morgan fingerprint density at radius 1 is 1.12 bits per heavy atom. The van der Waals surface area contributed by atoms with E-state index in [9.17, 15) is 4.79 Å². The van der Waals surface area contributed by atoms with Gasteiger partial charge in [-0.2, -0.15) is 0 Å². The van der Waals surface area contributed by atoms with E-state index in [-0.39, 0.29) is 5.91 Å². The predicted octanol–water partition coefficient (Wildman–Crippen LogP) is 5.12. The van der Waals surface area contributed by atoms with Crippen molar-refractivity contribution in [2.24, 2.45) is 0 Å². The molecule has 2 aromatic carbocycles. The summed E-state index contributed by atoms with van der Waals surface area (Å²) in [5.41, 5.74) is 2.22. The zero-order valence-corrected chi connectivity index (χ0v) is 15.6. The van der Waals surface area contributed by atoms with Crippen LogP contribution >= 0.6 is 15.9 Å². The SMILES string of the molecule is CN(Cc1ccc(Br)o1)C(=O)c1ccc2noc(-c3ccccc3)c2c1. The number of carbonyl (C=O) groups is 1. The molecule has 0 saturated heterocycles. The molecule has 0 spiro atoms. The molecular formula is C20H15BrN2O3. The number of carbonyl (C=O) groups excluding carboxylic acids is 1. The number of nitrogens with zero attached hydrogens (tertiary/aromatic N) is 2. The van der Waals surface area contributed by atoms with Gasteiger partial charge in [-0.3, -0.25) is 4.79 Å². The van der Waals surface area contributed by atoms with Crippen molar-refractivity contribution in [1.82, 2.24) is 10.1 Å². The molecule has 0 unspecified atom stereocenters. The van der Waals surface area contributed by atoms with Gasteiger partial charge in [-0.1, -0.05) is 35.5 Å². The number of halogens is 1. The summed E-state index contributed by atoms with van der Waals surface area (Å²) < 4.78 is 11.6. The number of aromatic nitrogens is 1. The lowest BCUT2D eigenvalue weighted by molar-refractivity contribution is 0.0775. The number of fused-ring (bicyclic) bond motifs is 1. The molecule has 0 saturated carbocycles. The van der Waals surface area contributed by atoms with Gasteiger partial charge in [-0.05, 0) is 46.3 Å². The minimum Gasteiger partial charge on any atom is -0.452 e. The van der Waals surface area contributed by atoms with Crippen LogP contribution < -0.4 is 0 Å². The van der Waals surface area contributed by atoms with Crippen molar-refractivity contribution in [3.05, 3.63) is 76.7 Å². The number of benzene rings is 2. The molecule has 0 aliphatic carbocycles. The number of rotatable bonds is 4. The molecule has 0 fully saturated rings. The highest BCUT2D eigenvalue weighted by molar-refractivity contribution is 9.10. The molecule has 0 bridgehead atoms. The highest BCUT2D eigenvalue weighted by atomic mass is 79.9. The summed E-state index contributed by atoms with van der Waals surface area (Å²) in [6, 6.07) is 18.8. The van der Waals surface area contributed by atoms with Gasteiger partial charge in [0.1, 0.15) is 11.3 Å². The molecule has 0 atom stereocenters. The predicted molar refractivity (Wildman–Crippen MR) is 102 cm³/mol. The van der Waals surface area contributed by atoms with E-state index < -0.39 is 0 Å². The van der Waals surface area contributed by atoms with E-state index in [0.717, 1.165) is 16.5 Å². The van der Waals surface area contributed by atoms with Gasteiger partial charge in [-0.25, -0.2) is 0 Å². The van der Waals surface area contributed by atoms with Crippen molar-refractivity contribution in [2.45, 2.75) is 6.54 Å². The Morgan fingerprint density at radius 3 is 2.65 bits per heavy atom. The second kappa shape index (κ2) is 6.80. The van der Waals surface area contributed by atoms with Crippen molar-refractivity contribution in [2.75, 3.05) is 7.05 Å². The minimum atomic E-state index is -0.0976. The molecule has 0 aliphatic rings. The van der Waals surface area contributed by atoms with Gasteiger partial charge in [-0.15, -0.1) is 0 Å². The summed E-state index contributed by atoms with van der Waals surface area (Å²) in [5.74, 6) is 1.27. The summed E-state index contributed by atoms with van der Waals surface area (Å²) >= 11 is 3.27. The van der Waals surface area contributed by atoms with E-state index in [1.807, 2.05) is 48.5 Å². The second-order valence-electron chi connectivity index (χ2n) is 5.98. The summed E-state index contributed by atoms with van der Waals surface area (Å²) in [6.45, 7) is 0.387. The lowest BCUT2D eigenvalue weighted by Gasteiger charge is -2.15. The lowest BCUT2D eigenvalue weighted by Crippen LogP contribution is -2.25. The van der Waals surface area contributed by atoms with Crippen LogP contribution in [0.5, 0.6) is 0 Å². The van der Waals surface area contributed by atoms with Crippen LogP contribution in [0.1, 0.15) is 16.1 Å². The molecule has 0 radical (unpaired) electrons. The molecule has 2 aromatic heterocycles. The Bertz CT molecular complexity index is 1070. The standard InChI is InChI=1S/C20H15BrN2O3/c1-23(12-15-8-10-18(21)25-15)20(24)14-7-9-17-16(11-14)19(26-22-17)13-5-3-2-4-6-13/h2-11H,12H2,1H3. The molecule has 0 N–H and O–H groups in total. The summed E-state index contributed by atoms with van der Waals surface area (Å²) in [6.07, 6.45) is 0. The molecule has 6 heteroatoms. The van der Waals surface area contributed by atoms with E-state index in [1.165, 1.54) is 0 Å². The van der Waals surface area contributed by atoms with Crippen molar-refractivity contribution < 1.29 is 13.7 Å². The highest BCUT2D eigenvalue weighted by Gasteiger charge is 2.17. The number of hydrogen-bond donors (Lipinski definition) is 0. The van der Waals surface area contributed by atoms with E-state index in [4.69, 9.17) is 8.94 Å². The Kier molecular flexibility index (Phi) is 4.34. The van der Waals surface area contributed by atoms with E-state index >= 15 is 0 Å². The van der Waals surface area contributed by atoms with Gasteiger partial charge < -0.3 is 13.8 Å². The van der Waals surface area contributed by atoms with Gasteiger partial charge in [0.25, 0.3) is 5.91 Å². The van der Waals surface area contributed by atoms with Crippen molar-refractivity contribution >= 4 is 32.7 Å². The molecule has 0 aliphatic heterocycles. The van der Waals surface area contributed by atoms with Crippen LogP contribution in [0, 0.1) is 0 Å². The summed E-state index contributed by atoms with van der Waals surface area (Å²) in [7, 11) is 1.74. The molecule has 4 aromatic rings. The van der Waals surface area contributed by atoms with Gasteiger partial charge in [0.05, 0.1) is 11.9 Å². The van der Waals surface area contributed by atoms with Gasteiger partial charge >= 0.3 is 0 Å². The van der Waals surface area contributed by atoms with E-state index in [1.54, 1.807) is 24.1 Å². The number of hydrogen-bond acceptors (Lipinski definition) is 4. The zero-order valence-electron chi connectivity index (χ0n) is 14.0. The van der Waals surface area contributed by atoms with Gasteiger partial charge in [0, 0.05) is 18.2 Å². The molecule has 4 rings (SSSR count). The average Bonchev–Trinajstić information content (AvgIpc) is 3.27. The Labute approximate surface area is 158 Å². The Morgan fingerprint density at radius 2 is 1.92 bits per heavy atom. The molecule has 26 heavy (non-hydrogen) atoms. The smallest absolute Gasteiger partial charge is 0.254 e. The lowest BCUT2D eigenvalue weighted by atomic mass is 10.1.